The Kier molecular flexibility index (Phi) is 6.67. The first-order valence-corrected chi connectivity index (χ1v) is 6.40. The molecule has 0 aliphatic rings. The van der Waals surface area contributed by atoms with E-state index in [-0.39, 0.29) is 0 Å². The molecule has 0 amide bonds. The summed E-state index contributed by atoms with van der Waals surface area (Å²) in [6.45, 7) is 8.50. The Hall–Kier alpha value is -1.14. The molecule has 0 radical (unpaired) electrons. The van der Waals surface area contributed by atoms with Crippen LogP contribution in [0.5, 0.6) is 0 Å². The first kappa shape index (κ1) is 14.9. The number of hydrogen-bond donors (Lipinski definition) is 2. The van der Waals surface area contributed by atoms with Crippen LogP contribution in [0.4, 0.5) is 6.01 Å². The van der Waals surface area contributed by atoms with Crippen LogP contribution in [0.3, 0.4) is 0 Å². The summed E-state index contributed by atoms with van der Waals surface area (Å²) in [6, 6.07) is 0.825. The summed E-state index contributed by atoms with van der Waals surface area (Å²) in [4.78, 5) is 0. The Labute approximate surface area is 108 Å². The molecule has 0 bridgehead atoms. The van der Waals surface area contributed by atoms with Gasteiger partial charge >= 0.3 is 6.01 Å². The predicted octanol–water partition coefficient (Wildman–Crippen LogP) is 1.65. The van der Waals surface area contributed by atoms with Gasteiger partial charge in [-0.15, -0.1) is 5.10 Å². The molecule has 0 aromatic carbocycles. The highest BCUT2D eigenvalue weighted by Crippen LogP contribution is 2.11. The van der Waals surface area contributed by atoms with Gasteiger partial charge in [0.15, 0.2) is 0 Å². The van der Waals surface area contributed by atoms with Gasteiger partial charge in [-0.25, -0.2) is 0 Å². The lowest BCUT2D eigenvalue weighted by Crippen LogP contribution is -2.18. The summed E-state index contributed by atoms with van der Waals surface area (Å²) < 4.78 is 10.4. The van der Waals surface area contributed by atoms with Crippen molar-refractivity contribution in [3.8, 4) is 0 Å². The van der Waals surface area contributed by atoms with E-state index in [9.17, 15) is 0 Å². The molecule has 1 unspecified atom stereocenters. The minimum atomic E-state index is 0.333. The molecule has 18 heavy (non-hydrogen) atoms. The lowest BCUT2D eigenvalue weighted by Gasteiger charge is -2.13. The van der Waals surface area contributed by atoms with E-state index in [0.29, 0.717) is 37.0 Å². The molecule has 0 saturated heterocycles. The zero-order valence-corrected chi connectivity index (χ0v) is 11.7. The van der Waals surface area contributed by atoms with Crippen LogP contribution in [0.25, 0.3) is 0 Å². The first-order chi connectivity index (χ1) is 8.61. The summed E-state index contributed by atoms with van der Waals surface area (Å²) in [6.07, 6.45) is 1.07. The number of anilines is 1. The molecule has 1 aromatic heterocycles. The number of rotatable bonds is 9. The molecule has 0 fully saturated rings. The maximum absolute atomic E-state index is 5.48. The molecular formula is C12H24N4O2. The number of aromatic nitrogens is 2. The Balaban J connectivity index is 2.29. The molecule has 6 heteroatoms. The van der Waals surface area contributed by atoms with Gasteiger partial charge in [0.05, 0.1) is 13.2 Å². The fourth-order valence-corrected chi connectivity index (χ4v) is 1.73. The van der Waals surface area contributed by atoms with E-state index in [0.717, 1.165) is 13.0 Å². The fourth-order valence-electron chi connectivity index (χ4n) is 1.73. The van der Waals surface area contributed by atoms with Gasteiger partial charge in [0, 0.05) is 19.7 Å². The minimum Gasteiger partial charge on any atom is -0.407 e. The fraction of sp³-hybridized carbons (Fsp3) is 0.833. The Morgan fingerprint density at radius 2 is 2.06 bits per heavy atom. The van der Waals surface area contributed by atoms with Crippen LogP contribution in [0.2, 0.25) is 0 Å². The average molecular weight is 256 g/mol. The van der Waals surface area contributed by atoms with Crippen molar-refractivity contribution >= 4 is 6.01 Å². The summed E-state index contributed by atoms with van der Waals surface area (Å²) in [7, 11) is 1.67. The van der Waals surface area contributed by atoms with Crippen molar-refractivity contribution in [2.24, 2.45) is 5.92 Å². The van der Waals surface area contributed by atoms with E-state index in [2.05, 4.69) is 41.6 Å². The highest BCUT2D eigenvalue weighted by Gasteiger charge is 2.10. The molecule has 104 valence electrons. The van der Waals surface area contributed by atoms with Crippen molar-refractivity contribution in [2.75, 3.05) is 25.6 Å². The highest BCUT2D eigenvalue weighted by molar-refractivity contribution is 5.18. The van der Waals surface area contributed by atoms with Crippen LogP contribution in [-0.2, 0) is 11.3 Å². The van der Waals surface area contributed by atoms with Crippen molar-refractivity contribution < 1.29 is 9.15 Å². The van der Waals surface area contributed by atoms with Crippen LogP contribution in [-0.4, -0.2) is 36.5 Å². The molecule has 0 spiro atoms. The smallest absolute Gasteiger partial charge is 0.315 e. The van der Waals surface area contributed by atoms with Gasteiger partial charge in [0.25, 0.3) is 0 Å². The van der Waals surface area contributed by atoms with E-state index in [1.807, 2.05) is 0 Å². The van der Waals surface area contributed by atoms with Gasteiger partial charge in [-0.2, -0.15) is 0 Å². The normalized spacial score (nSPS) is 12.9. The van der Waals surface area contributed by atoms with Gasteiger partial charge in [-0.1, -0.05) is 18.9 Å². The number of methoxy groups -OCH3 is 1. The molecule has 1 aromatic rings. The van der Waals surface area contributed by atoms with Crippen LogP contribution in [0.15, 0.2) is 4.42 Å². The standard InChI is InChI=1S/C12H24N4O2/c1-9(2)7-10(3)14-12-16-15-11(18-12)8-13-5-6-17-4/h9-10,13H,5-8H2,1-4H3,(H,14,16). The Bertz CT molecular complexity index is 328. The third kappa shape index (κ3) is 5.97. The van der Waals surface area contributed by atoms with Crippen LogP contribution < -0.4 is 10.6 Å². The van der Waals surface area contributed by atoms with E-state index >= 15 is 0 Å². The molecule has 1 atom stereocenters. The minimum absolute atomic E-state index is 0.333. The maximum Gasteiger partial charge on any atom is 0.315 e. The Morgan fingerprint density at radius 3 is 2.72 bits per heavy atom. The molecule has 1 heterocycles. The van der Waals surface area contributed by atoms with Gasteiger partial charge in [0.1, 0.15) is 0 Å². The first-order valence-electron chi connectivity index (χ1n) is 6.40. The molecule has 6 nitrogen and oxygen atoms in total. The molecule has 2 N–H and O–H groups in total. The molecule has 1 rings (SSSR count). The van der Waals surface area contributed by atoms with Crippen molar-refractivity contribution in [3.63, 3.8) is 0 Å². The van der Waals surface area contributed by atoms with Crippen LogP contribution in [0, 0.1) is 5.92 Å². The monoisotopic (exact) mass is 256 g/mol. The van der Waals surface area contributed by atoms with Gasteiger partial charge in [-0.3, -0.25) is 0 Å². The summed E-state index contributed by atoms with van der Waals surface area (Å²) in [5.74, 6) is 1.23. The van der Waals surface area contributed by atoms with Crippen LogP contribution >= 0.6 is 0 Å². The summed E-state index contributed by atoms with van der Waals surface area (Å²) in [5.41, 5.74) is 0. The molecule has 0 aliphatic heterocycles. The Morgan fingerprint density at radius 1 is 1.28 bits per heavy atom. The number of nitrogens with one attached hydrogen (secondary N) is 2. The average Bonchev–Trinajstić information content (AvgIpc) is 2.71. The SMILES string of the molecule is COCCNCc1nnc(NC(C)CC(C)C)o1. The van der Waals surface area contributed by atoms with E-state index in [4.69, 9.17) is 9.15 Å². The number of nitrogens with zero attached hydrogens (tertiary/aromatic N) is 2. The second-order valence-electron chi connectivity index (χ2n) is 4.85. The van der Waals surface area contributed by atoms with Crippen molar-refractivity contribution in [1.82, 2.24) is 15.5 Å². The topological polar surface area (TPSA) is 72.2 Å². The second-order valence-corrected chi connectivity index (χ2v) is 4.85. The third-order valence-electron chi connectivity index (χ3n) is 2.42. The zero-order valence-electron chi connectivity index (χ0n) is 11.7. The number of hydrogen-bond acceptors (Lipinski definition) is 6. The molecule has 0 aliphatic carbocycles. The van der Waals surface area contributed by atoms with E-state index in [1.54, 1.807) is 7.11 Å². The van der Waals surface area contributed by atoms with Gasteiger partial charge in [-0.05, 0) is 19.3 Å². The predicted molar refractivity (Wildman–Crippen MR) is 70.4 cm³/mol. The van der Waals surface area contributed by atoms with E-state index in [1.165, 1.54) is 0 Å². The van der Waals surface area contributed by atoms with Gasteiger partial charge < -0.3 is 19.8 Å². The van der Waals surface area contributed by atoms with Crippen LogP contribution in [0.1, 0.15) is 33.1 Å². The maximum atomic E-state index is 5.48. The lowest BCUT2D eigenvalue weighted by molar-refractivity contribution is 0.198. The van der Waals surface area contributed by atoms with Crippen molar-refractivity contribution in [2.45, 2.75) is 39.8 Å². The van der Waals surface area contributed by atoms with Crippen molar-refractivity contribution in [3.05, 3.63) is 5.89 Å². The quantitative estimate of drug-likeness (QED) is 0.655. The van der Waals surface area contributed by atoms with E-state index < -0.39 is 0 Å². The lowest BCUT2D eigenvalue weighted by atomic mass is 10.1. The van der Waals surface area contributed by atoms with Gasteiger partial charge in [0.2, 0.25) is 5.89 Å². The van der Waals surface area contributed by atoms with Crippen molar-refractivity contribution in [1.29, 1.82) is 0 Å². The molecular weight excluding hydrogens is 232 g/mol. The number of ether oxygens (including phenoxy) is 1. The third-order valence-corrected chi connectivity index (χ3v) is 2.42. The second kappa shape index (κ2) is 8.05. The summed E-state index contributed by atoms with van der Waals surface area (Å²) in [5, 5.41) is 14.3. The molecule has 0 saturated carbocycles. The highest BCUT2D eigenvalue weighted by atomic mass is 16.5. The largest absolute Gasteiger partial charge is 0.407 e. The summed E-state index contributed by atoms with van der Waals surface area (Å²) >= 11 is 0. The zero-order chi connectivity index (χ0) is 13.4.